The van der Waals surface area contributed by atoms with Crippen LogP contribution < -0.4 is 23.6 Å². The van der Waals surface area contributed by atoms with Crippen molar-refractivity contribution in [1.82, 2.24) is 4.98 Å². The molecular formula is C6H7ClN2O3. The number of aromatic amines is 1. The summed E-state index contributed by atoms with van der Waals surface area (Å²) in [7, 11) is 0. The SMILES string of the molecule is [Cl-].[NH3+]C(=O)c1[nH]ccc(=O)c1O. The Bertz CT molecular complexity index is 347. The highest BCUT2D eigenvalue weighted by Crippen LogP contribution is 2.03. The van der Waals surface area contributed by atoms with E-state index in [4.69, 9.17) is 5.11 Å². The second-order valence-corrected chi connectivity index (χ2v) is 1.99. The van der Waals surface area contributed by atoms with Gasteiger partial charge in [0.25, 0.3) is 0 Å². The molecule has 0 aromatic carbocycles. The molecule has 0 aliphatic carbocycles. The average molecular weight is 191 g/mol. The van der Waals surface area contributed by atoms with E-state index in [2.05, 4.69) is 10.7 Å². The van der Waals surface area contributed by atoms with E-state index in [0.717, 1.165) is 6.07 Å². The Labute approximate surface area is 73.6 Å². The van der Waals surface area contributed by atoms with Crippen LogP contribution in [0.4, 0.5) is 0 Å². The summed E-state index contributed by atoms with van der Waals surface area (Å²) in [6.45, 7) is 0. The van der Waals surface area contributed by atoms with Gasteiger partial charge in [0.2, 0.25) is 5.43 Å². The fourth-order valence-electron chi connectivity index (χ4n) is 0.684. The molecule has 1 aromatic heterocycles. The summed E-state index contributed by atoms with van der Waals surface area (Å²) in [5.74, 6) is -1.19. The monoisotopic (exact) mass is 190 g/mol. The lowest BCUT2D eigenvalue weighted by Crippen LogP contribution is -3.00. The Morgan fingerprint density at radius 1 is 1.58 bits per heavy atom. The molecule has 1 amide bonds. The number of amides is 1. The van der Waals surface area contributed by atoms with Gasteiger partial charge in [-0.05, 0) is 0 Å². The lowest BCUT2D eigenvalue weighted by atomic mass is 10.3. The molecule has 0 atom stereocenters. The number of H-pyrrole nitrogens is 1. The van der Waals surface area contributed by atoms with Crippen molar-refractivity contribution in [2.45, 2.75) is 0 Å². The Morgan fingerprint density at radius 3 is 2.58 bits per heavy atom. The van der Waals surface area contributed by atoms with Crippen LogP contribution in [0.2, 0.25) is 0 Å². The molecule has 1 aromatic rings. The summed E-state index contributed by atoms with van der Waals surface area (Å²) < 4.78 is 0. The number of carbonyl (C=O) groups is 1. The average Bonchev–Trinajstić information content (AvgIpc) is 1.94. The summed E-state index contributed by atoms with van der Waals surface area (Å²) in [5.41, 5.74) is 2.30. The van der Waals surface area contributed by atoms with Crippen LogP contribution in [0.5, 0.6) is 5.75 Å². The molecule has 5 N–H and O–H groups in total. The van der Waals surface area contributed by atoms with Crippen LogP contribution in [0.3, 0.4) is 0 Å². The third kappa shape index (κ3) is 1.84. The zero-order valence-corrected chi connectivity index (χ0v) is 6.76. The summed E-state index contributed by atoms with van der Waals surface area (Å²) in [6.07, 6.45) is 1.28. The van der Waals surface area contributed by atoms with Crippen molar-refractivity contribution in [3.8, 4) is 5.75 Å². The third-order valence-corrected chi connectivity index (χ3v) is 1.21. The predicted molar refractivity (Wildman–Crippen MR) is 35.9 cm³/mol. The number of quaternary nitrogens is 1. The second kappa shape index (κ2) is 3.89. The summed E-state index contributed by atoms with van der Waals surface area (Å²) in [6, 6.07) is 1.13. The topological polar surface area (TPSA) is 97.8 Å². The molecule has 0 unspecified atom stereocenters. The Hall–Kier alpha value is -1.33. The number of nitrogens with one attached hydrogen (secondary N) is 1. The van der Waals surface area contributed by atoms with Crippen molar-refractivity contribution in [3.63, 3.8) is 0 Å². The van der Waals surface area contributed by atoms with Gasteiger partial charge in [-0.3, -0.25) is 10.5 Å². The smallest absolute Gasteiger partial charge is 0.361 e. The molecule has 5 nitrogen and oxygen atoms in total. The lowest BCUT2D eigenvalue weighted by molar-refractivity contribution is -0.255. The minimum Gasteiger partial charge on any atom is -1.00 e. The number of pyridine rings is 1. The molecule has 12 heavy (non-hydrogen) atoms. The van der Waals surface area contributed by atoms with E-state index < -0.39 is 17.1 Å². The molecule has 0 bridgehead atoms. The molecule has 0 radical (unpaired) electrons. The highest BCUT2D eigenvalue weighted by Gasteiger charge is 2.12. The number of hydrogen-bond donors (Lipinski definition) is 3. The molecule has 0 spiro atoms. The predicted octanol–water partition coefficient (Wildman–Crippen LogP) is -4.53. The highest BCUT2D eigenvalue weighted by molar-refractivity contribution is 5.86. The third-order valence-electron chi connectivity index (χ3n) is 1.21. The van der Waals surface area contributed by atoms with E-state index in [1.165, 1.54) is 6.20 Å². The largest absolute Gasteiger partial charge is 1.00 e. The number of rotatable bonds is 1. The van der Waals surface area contributed by atoms with Crippen LogP contribution in [-0.2, 0) is 0 Å². The molecule has 0 fully saturated rings. The van der Waals surface area contributed by atoms with Crippen molar-refractivity contribution >= 4 is 5.91 Å². The first kappa shape index (κ1) is 10.7. The van der Waals surface area contributed by atoms with Crippen molar-refractivity contribution in [3.05, 3.63) is 28.2 Å². The van der Waals surface area contributed by atoms with Gasteiger partial charge < -0.3 is 22.5 Å². The minimum absolute atomic E-state index is 0. The molecule has 0 aliphatic rings. The second-order valence-electron chi connectivity index (χ2n) is 1.99. The number of halogens is 1. The van der Waals surface area contributed by atoms with Crippen LogP contribution in [0.15, 0.2) is 17.1 Å². The highest BCUT2D eigenvalue weighted by atomic mass is 35.5. The van der Waals surface area contributed by atoms with Gasteiger partial charge in [0.15, 0.2) is 11.4 Å². The van der Waals surface area contributed by atoms with E-state index in [0.29, 0.717) is 0 Å². The molecule has 1 heterocycles. The van der Waals surface area contributed by atoms with Gasteiger partial charge >= 0.3 is 5.91 Å². The quantitative estimate of drug-likeness (QED) is 0.416. The van der Waals surface area contributed by atoms with Crippen molar-refractivity contribution in [2.75, 3.05) is 0 Å². The summed E-state index contributed by atoms with van der Waals surface area (Å²) in [4.78, 5) is 23.7. The summed E-state index contributed by atoms with van der Waals surface area (Å²) >= 11 is 0. The Kier molecular flexibility index (Phi) is 3.46. The first-order valence-corrected chi connectivity index (χ1v) is 2.90. The van der Waals surface area contributed by atoms with Crippen LogP contribution in [-0.4, -0.2) is 16.0 Å². The number of aromatic nitrogens is 1. The zero-order chi connectivity index (χ0) is 8.43. The normalized spacial score (nSPS) is 8.75. The number of carbonyl (C=O) groups excluding carboxylic acids is 1. The molecule has 0 saturated carbocycles. The van der Waals surface area contributed by atoms with E-state index in [1.807, 2.05) is 0 Å². The van der Waals surface area contributed by atoms with Gasteiger partial charge in [-0.25, -0.2) is 4.79 Å². The van der Waals surface area contributed by atoms with Gasteiger partial charge in [0.05, 0.1) is 0 Å². The maximum absolute atomic E-state index is 10.7. The van der Waals surface area contributed by atoms with Crippen LogP contribution in [0.1, 0.15) is 10.5 Å². The summed E-state index contributed by atoms with van der Waals surface area (Å²) in [5, 5.41) is 8.96. The molecule has 0 saturated heterocycles. The van der Waals surface area contributed by atoms with Gasteiger partial charge in [-0.1, -0.05) is 0 Å². The maximum atomic E-state index is 10.7. The van der Waals surface area contributed by atoms with Crippen molar-refractivity contribution in [2.24, 2.45) is 0 Å². The maximum Gasteiger partial charge on any atom is 0.361 e. The van der Waals surface area contributed by atoms with Gasteiger partial charge in [0.1, 0.15) is 0 Å². The van der Waals surface area contributed by atoms with Crippen LogP contribution in [0.25, 0.3) is 0 Å². The van der Waals surface area contributed by atoms with E-state index >= 15 is 0 Å². The number of hydrogen-bond acceptors (Lipinski definition) is 3. The van der Waals surface area contributed by atoms with Crippen LogP contribution in [0, 0.1) is 0 Å². The zero-order valence-electron chi connectivity index (χ0n) is 6.00. The van der Waals surface area contributed by atoms with Gasteiger partial charge in [-0.15, -0.1) is 0 Å². The standard InChI is InChI=1S/C6H6N2O3.ClH/c7-6(11)4-5(10)3(9)1-2-8-4;/h1-2,10H,(H2,7,11)(H,8,9);1H. The molecule has 1 rings (SSSR count). The molecule has 66 valence electrons. The van der Waals surface area contributed by atoms with Crippen LogP contribution >= 0.6 is 0 Å². The van der Waals surface area contributed by atoms with Gasteiger partial charge in [-0.2, -0.15) is 0 Å². The fraction of sp³-hybridized carbons (Fsp3) is 0. The van der Waals surface area contributed by atoms with E-state index in [-0.39, 0.29) is 18.1 Å². The fourth-order valence-corrected chi connectivity index (χ4v) is 0.684. The van der Waals surface area contributed by atoms with Crippen molar-refractivity contribution < 1.29 is 28.0 Å². The Balaban J connectivity index is 0.00000121. The number of aromatic hydroxyl groups is 1. The van der Waals surface area contributed by atoms with E-state index in [1.54, 1.807) is 0 Å². The molecular weight excluding hydrogens is 184 g/mol. The first-order valence-electron chi connectivity index (χ1n) is 2.90. The Morgan fingerprint density at radius 2 is 2.17 bits per heavy atom. The molecule has 6 heteroatoms. The first-order chi connectivity index (χ1) is 5.13. The van der Waals surface area contributed by atoms with E-state index in [9.17, 15) is 9.59 Å². The lowest BCUT2D eigenvalue weighted by Gasteiger charge is -1.93. The van der Waals surface area contributed by atoms with Gasteiger partial charge in [0, 0.05) is 12.3 Å². The minimum atomic E-state index is -0.611. The van der Waals surface area contributed by atoms with Crippen molar-refractivity contribution in [1.29, 1.82) is 0 Å². The molecule has 0 aliphatic heterocycles.